The van der Waals surface area contributed by atoms with Crippen LogP contribution in [0.25, 0.3) is 0 Å². The minimum absolute atomic E-state index is 0.127. The van der Waals surface area contributed by atoms with Crippen molar-refractivity contribution in [1.82, 2.24) is 0 Å². The predicted octanol–water partition coefficient (Wildman–Crippen LogP) is 1.86. The Labute approximate surface area is 100.0 Å². The van der Waals surface area contributed by atoms with Gasteiger partial charge in [0.15, 0.2) is 0 Å². The standard InChI is InChI=1S/C12H16N2OS/c1-9-8-14(12(15)6-7-13)10-4-2-3-5-11(10)16-9/h2-5,9H,6-8,13H2,1H3. The molecule has 0 radical (unpaired) electrons. The average Bonchev–Trinajstić information content (AvgIpc) is 2.28. The maximum absolute atomic E-state index is 11.9. The van der Waals surface area contributed by atoms with Gasteiger partial charge in [-0.15, -0.1) is 11.8 Å². The fraction of sp³-hybridized carbons (Fsp3) is 0.417. The molecule has 0 fully saturated rings. The topological polar surface area (TPSA) is 46.3 Å². The second-order valence-corrected chi connectivity index (χ2v) is 5.42. The summed E-state index contributed by atoms with van der Waals surface area (Å²) in [6.07, 6.45) is 0.422. The van der Waals surface area contributed by atoms with Gasteiger partial charge in [0.1, 0.15) is 0 Å². The van der Waals surface area contributed by atoms with E-state index in [0.717, 1.165) is 12.2 Å². The van der Waals surface area contributed by atoms with Crippen LogP contribution in [0.2, 0.25) is 0 Å². The number of carbonyl (C=O) groups is 1. The lowest BCUT2D eigenvalue weighted by Crippen LogP contribution is -2.39. The van der Waals surface area contributed by atoms with Gasteiger partial charge in [0, 0.05) is 29.7 Å². The Kier molecular flexibility index (Phi) is 3.51. The summed E-state index contributed by atoms with van der Waals surface area (Å²) < 4.78 is 0. The van der Waals surface area contributed by atoms with Crippen LogP contribution in [0.4, 0.5) is 5.69 Å². The zero-order chi connectivity index (χ0) is 11.5. The second-order valence-electron chi connectivity index (χ2n) is 3.94. The molecule has 0 aliphatic carbocycles. The van der Waals surface area contributed by atoms with E-state index < -0.39 is 0 Å². The van der Waals surface area contributed by atoms with Gasteiger partial charge in [-0.2, -0.15) is 0 Å². The number of rotatable bonds is 2. The normalized spacial score (nSPS) is 19.4. The van der Waals surface area contributed by atoms with Crippen molar-refractivity contribution in [3.63, 3.8) is 0 Å². The maximum atomic E-state index is 11.9. The molecule has 86 valence electrons. The molecule has 1 amide bonds. The number of nitrogens with zero attached hydrogens (tertiary/aromatic N) is 1. The quantitative estimate of drug-likeness (QED) is 0.852. The Balaban J connectivity index is 2.30. The van der Waals surface area contributed by atoms with Crippen LogP contribution in [0.1, 0.15) is 13.3 Å². The summed E-state index contributed by atoms with van der Waals surface area (Å²) in [5.74, 6) is 0.127. The third kappa shape index (κ3) is 2.23. The molecule has 0 saturated carbocycles. The number of benzene rings is 1. The lowest BCUT2D eigenvalue weighted by atomic mass is 10.2. The molecule has 1 aromatic carbocycles. The van der Waals surface area contributed by atoms with Crippen molar-refractivity contribution in [3.8, 4) is 0 Å². The number of anilines is 1. The highest BCUT2D eigenvalue weighted by molar-refractivity contribution is 8.00. The Morgan fingerprint density at radius 2 is 2.31 bits per heavy atom. The highest BCUT2D eigenvalue weighted by Gasteiger charge is 2.25. The number of hydrogen-bond acceptors (Lipinski definition) is 3. The zero-order valence-electron chi connectivity index (χ0n) is 9.35. The van der Waals surface area contributed by atoms with Gasteiger partial charge in [0.05, 0.1) is 5.69 Å². The van der Waals surface area contributed by atoms with Gasteiger partial charge in [-0.25, -0.2) is 0 Å². The minimum atomic E-state index is 0.127. The average molecular weight is 236 g/mol. The fourth-order valence-electron chi connectivity index (χ4n) is 1.88. The van der Waals surface area contributed by atoms with E-state index in [4.69, 9.17) is 5.73 Å². The molecule has 1 aliphatic rings. The second kappa shape index (κ2) is 4.89. The van der Waals surface area contributed by atoms with Crippen molar-refractivity contribution in [1.29, 1.82) is 0 Å². The first kappa shape index (κ1) is 11.5. The summed E-state index contributed by atoms with van der Waals surface area (Å²) in [6, 6.07) is 8.05. The van der Waals surface area contributed by atoms with E-state index in [2.05, 4.69) is 13.0 Å². The van der Waals surface area contributed by atoms with Gasteiger partial charge in [-0.05, 0) is 12.1 Å². The number of hydrogen-bond donors (Lipinski definition) is 1. The molecule has 0 spiro atoms. The van der Waals surface area contributed by atoms with E-state index in [1.807, 2.05) is 34.9 Å². The third-order valence-corrected chi connectivity index (χ3v) is 3.73. The summed E-state index contributed by atoms with van der Waals surface area (Å²) in [4.78, 5) is 15.0. The van der Waals surface area contributed by atoms with Crippen LogP contribution in [-0.2, 0) is 4.79 Å². The number of para-hydroxylation sites is 1. The highest BCUT2D eigenvalue weighted by Crippen LogP contribution is 2.38. The molecule has 1 heterocycles. The van der Waals surface area contributed by atoms with Crippen molar-refractivity contribution in [2.75, 3.05) is 18.0 Å². The first-order chi connectivity index (χ1) is 7.72. The molecule has 0 aromatic heterocycles. The van der Waals surface area contributed by atoms with Crippen molar-refractivity contribution in [3.05, 3.63) is 24.3 Å². The molecular formula is C12H16N2OS. The van der Waals surface area contributed by atoms with Gasteiger partial charge >= 0.3 is 0 Å². The van der Waals surface area contributed by atoms with Crippen LogP contribution in [0.3, 0.4) is 0 Å². The number of nitrogens with two attached hydrogens (primary N) is 1. The molecule has 1 unspecified atom stereocenters. The van der Waals surface area contributed by atoms with Crippen molar-refractivity contribution in [2.45, 2.75) is 23.5 Å². The van der Waals surface area contributed by atoms with E-state index in [0.29, 0.717) is 18.2 Å². The fourth-order valence-corrected chi connectivity index (χ4v) is 3.00. The molecule has 16 heavy (non-hydrogen) atoms. The van der Waals surface area contributed by atoms with Crippen LogP contribution >= 0.6 is 11.8 Å². The smallest absolute Gasteiger partial charge is 0.228 e. The lowest BCUT2D eigenvalue weighted by Gasteiger charge is -2.32. The van der Waals surface area contributed by atoms with Crippen LogP contribution in [-0.4, -0.2) is 24.2 Å². The number of amides is 1. The lowest BCUT2D eigenvalue weighted by molar-refractivity contribution is -0.118. The van der Waals surface area contributed by atoms with Crippen molar-refractivity contribution >= 4 is 23.4 Å². The summed E-state index contributed by atoms with van der Waals surface area (Å²) >= 11 is 1.83. The maximum Gasteiger partial charge on any atom is 0.228 e. The molecule has 2 N–H and O–H groups in total. The number of carbonyl (C=O) groups excluding carboxylic acids is 1. The molecule has 0 bridgehead atoms. The third-order valence-electron chi connectivity index (χ3n) is 2.58. The summed E-state index contributed by atoms with van der Waals surface area (Å²) in [6.45, 7) is 3.34. The Morgan fingerprint density at radius 3 is 3.06 bits per heavy atom. The van der Waals surface area contributed by atoms with E-state index in [9.17, 15) is 4.79 Å². The zero-order valence-corrected chi connectivity index (χ0v) is 10.2. The SMILES string of the molecule is CC1CN(C(=O)CCN)c2ccccc2S1. The van der Waals surface area contributed by atoms with Crippen molar-refractivity contribution in [2.24, 2.45) is 5.73 Å². The van der Waals surface area contributed by atoms with Gasteiger partial charge in [0.25, 0.3) is 0 Å². The molecule has 4 heteroatoms. The summed E-state index contributed by atoms with van der Waals surface area (Å²) in [5, 5.41) is 0.441. The summed E-state index contributed by atoms with van der Waals surface area (Å²) in [5.41, 5.74) is 6.47. The van der Waals surface area contributed by atoms with E-state index >= 15 is 0 Å². The number of fused-ring (bicyclic) bond motifs is 1. The first-order valence-electron chi connectivity index (χ1n) is 5.48. The van der Waals surface area contributed by atoms with Crippen LogP contribution in [0.5, 0.6) is 0 Å². The van der Waals surface area contributed by atoms with Crippen LogP contribution < -0.4 is 10.6 Å². The van der Waals surface area contributed by atoms with E-state index in [1.54, 1.807) is 0 Å². The Hall–Kier alpha value is -1.00. The molecule has 1 aromatic rings. The molecular weight excluding hydrogens is 220 g/mol. The predicted molar refractivity (Wildman–Crippen MR) is 67.8 cm³/mol. The van der Waals surface area contributed by atoms with E-state index in [-0.39, 0.29) is 5.91 Å². The molecule has 3 nitrogen and oxygen atoms in total. The minimum Gasteiger partial charge on any atom is -0.330 e. The van der Waals surface area contributed by atoms with Crippen molar-refractivity contribution < 1.29 is 4.79 Å². The monoisotopic (exact) mass is 236 g/mol. The van der Waals surface area contributed by atoms with Gasteiger partial charge in [0.2, 0.25) is 5.91 Å². The highest BCUT2D eigenvalue weighted by atomic mass is 32.2. The van der Waals surface area contributed by atoms with Crippen LogP contribution in [0, 0.1) is 0 Å². The summed E-state index contributed by atoms with van der Waals surface area (Å²) in [7, 11) is 0. The van der Waals surface area contributed by atoms with Gasteiger partial charge in [-0.3, -0.25) is 4.79 Å². The van der Waals surface area contributed by atoms with Gasteiger partial charge in [-0.1, -0.05) is 19.1 Å². The number of thioether (sulfide) groups is 1. The van der Waals surface area contributed by atoms with Crippen LogP contribution in [0.15, 0.2) is 29.2 Å². The molecule has 0 saturated heterocycles. The molecule has 1 aliphatic heterocycles. The van der Waals surface area contributed by atoms with E-state index in [1.165, 1.54) is 4.90 Å². The first-order valence-corrected chi connectivity index (χ1v) is 6.36. The Morgan fingerprint density at radius 1 is 1.56 bits per heavy atom. The molecule has 1 atom stereocenters. The van der Waals surface area contributed by atoms with Gasteiger partial charge < -0.3 is 10.6 Å². The largest absolute Gasteiger partial charge is 0.330 e. The Bertz CT molecular complexity index is 394. The molecule has 2 rings (SSSR count).